The average Bonchev–Trinajstić information content (AvgIpc) is 2.84. The summed E-state index contributed by atoms with van der Waals surface area (Å²) in [5, 5.41) is 11.9. The van der Waals surface area contributed by atoms with Gasteiger partial charge in [0, 0.05) is 11.3 Å². The van der Waals surface area contributed by atoms with E-state index in [0.29, 0.717) is 5.69 Å². The first-order valence-electron chi connectivity index (χ1n) is 5.34. The van der Waals surface area contributed by atoms with Crippen molar-refractivity contribution in [3.05, 3.63) is 24.3 Å². The summed E-state index contributed by atoms with van der Waals surface area (Å²) >= 11 is 0. The van der Waals surface area contributed by atoms with Crippen LogP contribution in [0.4, 0.5) is 5.69 Å². The molecular weight excluding hydrogens is 202 g/mol. The van der Waals surface area contributed by atoms with E-state index in [4.69, 9.17) is 5.73 Å². The molecule has 16 heavy (non-hydrogen) atoms. The van der Waals surface area contributed by atoms with Gasteiger partial charge in [-0.25, -0.2) is 4.68 Å². The Morgan fingerprint density at radius 1 is 1.31 bits per heavy atom. The van der Waals surface area contributed by atoms with E-state index in [9.17, 15) is 0 Å². The minimum absolute atomic E-state index is 0.0844. The largest absolute Gasteiger partial charge is 0.398 e. The molecule has 0 radical (unpaired) electrons. The summed E-state index contributed by atoms with van der Waals surface area (Å²) in [6.07, 6.45) is 2.25. The summed E-state index contributed by atoms with van der Waals surface area (Å²) in [6.45, 7) is 2.16. The number of hydrogen-bond donors (Lipinski definition) is 1. The molecule has 0 unspecified atom stereocenters. The van der Waals surface area contributed by atoms with Gasteiger partial charge in [0.25, 0.3) is 0 Å². The fraction of sp³-hybridized carbons (Fsp3) is 0.364. The Bertz CT molecular complexity index is 527. The van der Waals surface area contributed by atoms with Crippen LogP contribution in [0, 0.1) is 0 Å². The highest BCUT2D eigenvalue weighted by Crippen LogP contribution is 2.44. The molecule has 0 amide bonds. The van der Waals surface area contributed by atoms with Crippen molar-refractivity contribution in [2.45, 2.75) is 25.3 Å². The van der Waals surface area contributed by atoms with Crippen molar-refractivity contribution >= 4 is 5.69 Å². The van der Waals surface area contributed by atoms with Gasteiger partial charge in [-0.15, -0.1) is 5.10 Å². The molecule has 0 aliphatic heterocycles. The quantitative estimate of drug-likeness (QED) is 0.769. The molecule has 1 saturated carbocycles. The van der Waals surface area contributed by atoms with Gasteiger partial charge in [-0.05, 0) is 42.3 Å². The van der Waals surface area contributed by atoms with Crippen LogP contribution in [-0.2, 0) is 5.54 Å². The SMILES string of the molecule is CC1(n2nnnc2-c2ccccc2N)CC1. The van der Waals surface area contributed by atoms with E-state index >= 15 is 0 Å². The molecule has 0 spiro atoms. The Kier molecular flexibility index (Phi) is 1.77. The maximum atomic E-state index is 5.94. The summed E-state index contributed by atoms with van der Waals surface area (Å²) < 4.78 is 1.89. The normalized spacial score (nSPS) is 17.3. The number of hydrogen-bond acceptors (Lipinski definition) is 4. The second-order valence-electron chi connectivity index (χ2n) is 4.50. The van der Waals surface area contributed by atoms with Crippen molar-refractivity contribution in [3.8, 4) is 11.4 Å². The Balaban J connectivity index is 2.14. The fourth-order valence-corrected chi connectivity index (χ4v) is 1.81. The maximum Gasteiger partial charge on any atom is 0.184 e. The number of anilines is 1. The van der Waals surface area contributed by atoms with Crippen molar-refractivity contribution < 1.29 is 0 Å². The summed E-state index contributed by atoms with van der Waals surface area (Å²) in [4.78, 5) is 0. The lowest BCUT2D eigenvalue weighted by molar-refractivity contribution is 0.463. The molecule has 3 rings (SSSR count). The predicted octanol–water partition coefficient (Wildman–Crippen LogP) is 1.43. The second kappa shape index (κ2) is 3.04. The number of nitrogens with zero attached hydrogens (tertiary/aromatic N) is 4. The molecule has 1 aliphatic carbocycles. The average molecular weight is 215 g/mol. The highest BCUT2D eigenvalue weighted by atomic mass is 15.6. The third-order valence-corrected chi connectivity index (χ3v) is 3.16. The molecule has 2 aromatic rings. The van der Waals surface area contributed by atoms with E-state index in [1.807, 2.05) is 28.9 Å². The van der Waals surface area contributed by atoms with Gasteiger partial charge < -0.3 is 5.73 Å². The van der Waals surface area contributed by atoms with Crippen molar-refractivity contribution in [2.75, 3.05) is 5.73 Å². The summed E-state index contributed by atoms with van der Waals surface area (Å²) in [5.41, 5.74) is 7.63. The highest BCUT2D eigenvalue weighted by molar-refractivity contribution is 5.71. The minimum atomic E-state index is 0.0844. The van der Waals surface area contributed by atoms with E-state index in [0.717, 1.165) is 24.2 Å². The van der Waals surface area contributed by atoms with Crippen LogP contribution in [0.1, 0.15) is 19.8 Å². The smallest absolute Gasteiger partial charge is 0.184 e. The zero-order valence-corrected chi connectivity index (χ0v) is 9.09. The molecule has 5 heteroatoms. The van der Waals surface area contributed by atoms with Gasteiger partial charge in [0.1, 0.15) is 0 Å². The van der Waals surface area contributed by atoms with Gasteiger partial charge in [-0.1, -0.05) is 12.1 Å². The summed E-state index contributed by atoms with van der Waals surface area (Å²) in [7, 11) is 0. The first kappa shape index (κ1) is 9.33. The molecule has 1 aromatic heterocycles. The van der Waals surface area contributed by atoms with Gasteiger partial charge >= 0.3 is 0 Å². The van der Waals surface area contributed by atoms with Crippen LogP contribution in [0.2, 0.25) is 0 Å². The Labute approximate surface area is 93.3 Å². The molecule has 0 bridgehead atoms. The number of tetrazole rings is 1. The van der Waals surface area contributed by atoms with Crippen LogP contribution in [0.25, 0.3) is 11.4 Å². The monoisotopic (exact) mass is 215 g/mol. The molecule has 0 atom stereocenters. The number of nitrogen functional groups attached to an aromatic ring is 1. The molecular formula is C11H13N5. The van der Waals surface area contributed by atoms with Crippen LogP contribution < -0.4 is 5.73 Å². The van der Waals surface area contributed by atoms with Gasteiger partial charge in [0.15, 0.2) is 5.82 Å². The van der Waals surface area contributed by atoms with E-state index in [1.54, 1.807) is 0 Å². The van der Waals surface area contributed by atoms with Crippen LogP contribution in [0.15, 0.2) is 24.3 Å². The van der Waals surface area contributed by atoms with Crippen molar-refractivity contribution in [1.82, 2.24) is 20.2 Å². The number of nitrogens with two attached hydrogens (primary N) is 1. The van der Waals surface area contributed by atoms with Crippen molar-refractivity contribution in [2.24, 2.45) is 0 Å². The van der Waals surface area contributed by atoms with Gasteiger partial charge in [0.05, 0.1) is 5.54 Å². The van der Waals surface area contributed by atoms with Crippen LogP contribution in [0.5, 0.6) is 0 Å². The minimum Gasteiger partial charge on any atom is -0.398 e. The Hall–Kier alpha value is -1.91. The van der Waals surface area contributed by atoms with E-state index < -0.39 is 0 Å². The standard InChI is InChI=1S/C11H13N5/c1-11(6-7-11)16-10(13-14-15-16)8-4-2-3-5-9(8)12/h2-5H,6-7,12H2,1H3. The fourth-order valence-electron chi connectivity index (χ4n) is 1.81. The van der Waals surface area contributed by atoms with Crippen molar-refractivity contribution in [3.63, 3.8) is 0 Å². The number of benzene rings is 1. The summed E-state index contributed by atoms with van der Waals surface area (Å²) in [5.74, 6) is 0.762. The van der Waals surface area contributed by atoms with Crippen molar-refractivity contribution in [1.29, 1.82) is 0 Å². The van der Waals surface area contributed by atoms with Gasteiger partial charge in [-0.3, -0.25) is 0 Å². The third kappa shape index (κ3) is 1.28. The van der Waals surface area contributed by atoms with Crippen LogP contribution >= 0.6 is 0 Å². The van der Waals surface area contributed by atoms with Crippen LogP contribution in [-0.4, -0.2) is 20.2 Å². The molecule has 1 fully saturated rings. The maximum absolute atomic E-state index is 5.94. The molecule has 82 valence electrons. The summed E-state index contributed by atoms with van der Waals surface area (Å²) in [6, 6.07) is 7.67. The van der Waals surface area contributed by atoms with E-state index in [2.05, 4.69) is 22.4 Å². The molecule has 1 aromatic carbocycles. The molecule has 1 aliphatic rings. The number of aromatic nitrogens is 4. The molecule has 0 saturated heterocycles. The first-order chi connectivity index (χ1) is 7.71. The first-order valence-corrected chi connectivity index (χ1v) is 5.34. The topological polar surface area (TPSA) is 69.6 Å². The van der Waals surface area contributed by atoms with Gasteiger partial charge in [-0.2, -0.15) is 0 Å². The molecule has 1 heterocycles. The Morgan fingerprint density at radius 3 is 2.75 bits per heavy atom. The molecule has 5 nitrogen and oxygen atoms in total. The lowest BCUT2D eigenvalue weighted by Crippen LogP contribution is -2.16. The van der Waals surface area contributed by atoms with Gasteiger partial charge in [0.2, 0.25) is 0 Å². The van der Waals surface area contributed by atoms with E-state index in [-0.39, 0.29) is 5.54 Å². The zero-order chi connectivity index (χ0) is 11.2. The third-order valence-electron chi connectivity index (χ3n) is 3.16. The second-order valence-corrected chi connectivity index (χ2v) is 4.50. The molecule has 2 N–H and O–H groups in total. The highest BCUT2D eigenvalue weighted by Gasteiger charge is 2.42. The lowest BCUT2D eigenvalue weighted by Gasteiger charge is -2.11. The number of para-hydroxylation sites is 1. The zero-order valence-electron chi connectivity index (χ0n) is 9.09. The number of rotatable bonds is 2. The lowest BCUT2D eigenvalue weighted by atomic mass is 10.1. The Morgan fingerprint density at radius 2 is 2.06 bits per heavy atom. The predicted molar refractivity (Wildman–Crippen MR) is 60.5 cm³/mol. The van der Waals surface area contributed by atoms with Crippen LogP contribution in [0.3, 0.4) is 0 Å². The van der Waals surface area contributed by atoms with E-state index in [1.165, 1.54) is 0 Å².